The van der Waals surface area contributed by atoms with Crippen LogP contribution in [0.2, 0.25) is 0 Å². The lowest BCUT2D eigenvalue weighted by atomic mass is 9.91. The number of hydrogen-bond donors (Lipinski definition) is 0. The second-order valence-corrected chi connectivity index (χ2v) is 5.68. The van der Waals surface area contributed by atoms with Crippen LogP contribution in [0.4, 0.5) is 0 Å². The highest BCUT2D eigenvalue weighted by atomic mass is 16.6. The zero-order chi connectivity index (χ0) is 13.3. The minimum atomic E-state index is -0.0257. The van der Waals surface area contributed by atoms with Gasteiger partial charge in [-0.05, 0) is 44.9 Å². The SMILES string of the molecule is O=C1OC2CCCCCCC/C=C\CCC/C=C/C12. The Labute approximate surface area is 116 Å². The molecule has 2 aliphatic rings. The third-order valence-corrected chi connectivity index (χ3v) is 4.05. The van der Waals surface area contributed by atoms with Crippen molar-refractivity contribution in [1.29, 1.82) is 0 Å². The summed E-state index contributed by atoms with van der Waals surface area (Å²) in [4.78, 5) is 11.4. The Hall–Kier alpha value is -1.05. The van der Waals surface area contributed by atoms with Gasteiger partial charge in [-0.25, -0.2) is 0 Å². The molecule has 0 spiro atoms. The first-order chi connectivity index (χ1) is 9.38. The van der Waals surface area contributed by atoms with Crippen LogP contribution >= 0.6 is 0 Å². The van der Waals surface area contributed by atoms with Crippen LogP contribution in [0.25, 0.3) is 0 Å². The predicted octanol–water partition coefficient (Wildman–Crippen LogP) is 4.56. The second kappa shape index (κ2) is 8.19. The van der Waals surface area contributed by atoms with Crippen LogP contribution in [0.15, 0.2) is 24.3 Å². The maximum atomic E-state index is 11.4. The summed E-state index contributed by atoms with van der Waals surface area (Å²) >= 11 is 0. The standard InChI is InChI=1S/C17H26O2/c18-17-15-13-11-9-7-5-3-1-2-4-6-8-10-12-14-16(15)19-17/h1,3,11,13,15-16H,2,4-10,12,14H2/b3-1-,13-11+. The van der Waals surface area contributed by atoms with Crippen molar-refractivity contribution in [3.63, 3.8) is 0 Å². The van der Waals surface area contributed by atoms with Crippen molar-refractivity contribution in [2.45, 2.75) is 70.3 Å². The molecule has 0 aromatic rings. The molecular formula is C17H26O2. The fraction of sp³-hybridized carbons (Fsp3) is 0.706. The van der Waals surface area contributed by atoms with E-state index >= 15 is 0 Å². The Morgan fingerprint density at radius 2 is 1.53 bits per heavy atom. The van der Waals surface area contributed by atoms with Crippen molar-refractivity contribution in [3.05, 3.63) is 24.3 Å². The van der Waals surface area contributed by atoms with E-state index in [9.17, 15) is 4.79 Å². The molecule has 106 valence electrons. The Bertz CT molecular complexity index is 330. The number of carbonyl (C=O) groups excluding carboxylic acids is 1. The number of ether oxygens (including phenoxy) is 1. The average molecular weight is 262 g/mol. The normalized spacial score (nSPS) is 33.6. The largest absolute Gasteiger partial charge is 0.461 e. The zero-order valence-electron chi connectivity index (χ0n) is 11.9. The summed E-state index contributed by atoms with van der Waals surface area (Å²) in [6.07, 6.45) is 21.1. The Kier molecular flexibility index (Phi) is 6.19. The van der Waals surface area contributed by atoms with Gasteiger partial charge in [0.15, 0.2) is 0 Å². The average Bonchev–Trinajstić information content (AvgIpc) is 2.40. The maximum absolute atomic E-state index is 11.4. The molecule has 0 amide bonds. The first kappa shape index (κ1) is 14.4. The highest BCUT2D eigenvalue weighted by Crippen LogP contribution is 2.28. The van der Waals surface area contributed by atoms with Gasteiger partial charge < -0.3 is 4.74 Å². The Morgan fingerprint density at radius 1 is 0.842 bits per heavy atom. The van der Waals surface area contributed by atoms with Crippen molar-refractivity contribution in [2.24, 2.45) is 5.92 Å². The van der Waals surface area contributed by atoms with Gasteiger partial charge in [-0.2, -0.15) is 0 Å². The fourth-order valence-corrected chi connectivity index (χ4v) is 2.79. The molecule has 0 N–H and O–H groups in total. The van der Waals surface area contributed by atoms with Gasteiger partial charge in [0.1, 0.15) is 12.0 Å². The summed E-state index contributed by atoms with van der Waals surface area (Å²) in [5.74, 6) is 0.0192. The molecule has 2 heteroatoms. The van der Waals surface area contributed by atoms with E-state index in [1.165, 1.54) is 44.9 Å². The summed E-state index contributed by atoms with van der Waals surface area (Å²) in [5.41, 5.74) is 0. The summed E-state index contributed by atoms with van der Waals surface area (Å²) < 4.78 is 5.25. The Morgan fingerprint density at radius 3 is 2.37 bits per heavy atom. The lowest BCUT2D eigenvalue weighted by Gasteiger charge is -2.33. The number of fused-ring (bicyclic) bond motifs is 1. The highest BCUT2D eigenvalue weighted by Gasteiger charge is 2.39. The first-order valence-corrected chi connectivity index (χ1v) is 7.90. The minimum Gasteiger partial charge on any atom is -0.461 e. The topological polar surface area (TPSA) is 26.3 Å². The van der Waals surface area contributed by atoms with Gasteiger partial charge in [0, 0.05) is 0 Å². The smallest absolute Gasteiger partial charge is 0.316 e. The van der Waals surface area contributed by atoms with E-state index in [0.29, 0.717) is 0 Å². The Balaban J connectivity index is 1.80. The van der Waals surface area contributed by atoms with Crippen LogP contribution in [0.5, 0.6) is 0 Å². The zero-order valence-corrected chi connectivity index (χ0v) is 11.9. The minimum absolute atomic E-state index is 0.0257. The van der Waals surface area contributed by atoms with Crippen LogP contribution in [0.1, 0.15) is 64.2 Å². The molecule has 0 aromatic carbocycles. The highest BCUT2D eigenvalue weighted by molar-refractivity contribution is 5.80. The fourth-order valence-electron chi connectivity index (χ4n) is 2.79. The van der Waals surface area contributed by atoms with Gasteiger partial charge in [-0.3, -0.25) is 4.79 Å². The lowest BCUT2D eigenvalue weighted by Crippen LogP contribution is -2.43. The van der Waals surface area contributed by atoms with Crippen molar-refractivity contribution in [3.8, 4) is 0 Å². The summed E-state index contributed by atoms with van der Waals surface area (Å²) in [7, 11) is 0. The van der Waals surface area contributed by atoms with Crippen LogP contribution in [-0.2, 0) is 9.53 Å². The maximum Gasteiger partial charge on any atom is 0.316 e. The molecule has 2 unspecified atom stereocenters. The molecule has 0 saturated carbocycles. The molecule has 0 aromatic heterocycles. The van der Waals surface area contributed by atoms with E-state index in [-0.39, 0.29) is 18.0 Å². The molecule has 19 heavy (non-hydrogen) atoms. The number of carbonyl (C=O) groups is 1. The van der Waals surface area contributed by atoms with Gasteiger partial charge in [-0.1, -0.05) is 43.6 Å². The summed E-state index contributed by atoms with van der Waals surface area (Å²) in [6.45, 7) is 0. The van der Waals surface area contributed by atoms with Crippen molar-refractivity contribution >= 4 is 5.97 Å². The molecular weight excluding hydrogens is 236 g/mol. The van der Waals surface area contributed by atoms with E-state index in [0.717, 1.165) is 19.3 Å². The molecule has 1 saturated heterocycles. The molecule has 2 rings (SSSR count). The number of allylic oxidation sites excluding steroid dienone is 3. The summed E-state index contributed by atoms with van der Waals surface area (Å²) in [5, 5.41) is 0. The molecule has 1 aliphatic carbocycles. The number of esters is 1. The van der Waals surface area contributed by atoms with Gasteiger partial charge in [0.25, 0.3) is 0 Å². The quantitative estimate of drug-likeness (QED) is 0.472. The molecule has 0 bridgehead atoms. The van der Waals surface area contributed by atoms with E-state index in [4.69, 9.17) is 4.74 Å². The molecule has 1 heterocycles. The number of hydrogen-bond acceptors (Lipinski definition) is 2. The van der Waals surface area contributed by atoms with Crippen LogP contribution < -0.4 is 0 Å². The van der Waals surface area contributed by atoms with E-state index in [1.54, 1.807) is 0 Å². The van der Waals surface area contributed by atoms with Crippen molar-refractivity contribution < 1.29 is 9.53 Å². The second-order valence-electron chi connectivity index (χ2n) is 5.68. The number of rotatable bonds is 0. The molecule has 2 atom stereocenters. The van der Waals surface area contributed by atoms with Crippen LogP contribution in [0, 0.1) is 5.92 Å². The van der Waals surface area contributed by atoms with Gasteiger partial charge >= 0.3 is 5.97 Å². The van der Waals surface area contributed by atoms with Gasteiger partial charge in [0.2, 0.25) is 0 Å². The van der Waals surface area contributed by atoms with Crippen molar-refractivity contribution in [1.82, 2.24) is 0 Å². The molecule has 0 radical (unpaired) electrons. The monoisotopic (exact) mass is 262 g/mol. The molecule has 2 nitrogen and oxygen atoms in total. The van der Waals surface area contributed by atoms with Gasteiger partial charge in [0.05, 0.1) is 0 Å². The van der Waals surface area contributed by atoms with E-state index in [2.05, 4.69) is 24.3 Å². The molecule has 1 aliphatic heterocycles. The predicted molar refractivity (Wildman–Crippen MR) is 77.8 cm³/mol. The third-order valence-electron chi connectivity index (χ3n) is 4.05. The van der Waals surface area contributed by atoms with E-state index < -0.39 is 0 Å². The lowest BCUT2D eigenvalue weighted by molar-refractivity contribution is -0.179. The van der Waals surface area contributed by atoms with Crippen LogP contribution in [0.3, 0.4) is 0 Å². The third kappa shape index (κ3) is 4.85. The van der Waals surface area contributed by atoms with E-state index in [1.807, 2.05) is 0 Å². The van der Waals surface area contributed by atoms with Gasteiger partial charge in [-0.15, -0.1) is 0 Å². The van der Waals surface area contributed by atoms with Crippen molar-refractivity contribution in [2.75, 3.05) is 0 Å². The molecule has 1 fully saturated rings. The first-order valence-electron chi connectivity index (χ1n) is 7.90. The van der Waals surface area contributed by atoms with Crippen LogP contribution in [-0.4, -0.2) is 12.1 Å². The summed E-state index contributed by atoms with van der Waals surface area (Å²) in [6, 6.07) is 0.